The van der Waals surface area contributed by atoms with Crippen molar-refractivity contribution in [2.45, 2.75) is 30.6 Å². The van der Waals surface area contributed by atoms with Crippen molar-refractivity contribution in [2.24, 2.45) is 11.5 Å². The van der Waals surface area contributed by atoms with Crippen molar-refractivity contribution in [2.75, 3.05) is 5.32 Å². The quantitative estimate of drug-likeness (QED) is 0.339. The molecule has 1 heterocycles. The Balaban J connectivity index is 1.42. The van der Waals surface area contributed by atoms with Gasteiger partial charge in [0.1, 0.15) is 5.69 Å². The van der Waals surface area contributed by atoms with Crippen molar-refractivity contribution in [1.82, 2.24) is 9.78 Å². The third-order valence-electron chi connectivity index (χ3n) is 6.70. The van der Waals surface area contributed by atoms with Crippen LogP contribution >= 0.6 is 0 Å². The molecule has 7 nitrogen and oxygen atoms in total. The largest absolute Gasteiger partial charge is 0.435 e. The lowest BCUT2D eigenvalue weighted by molar-refractivity contribution is -0.141. The van der Waals surface area contributed by atoms with E-state index in [4.69, 9.17) is 11.5 Å². The summed E-state index contributed by atoms with van der Waals surface area (Å²) in [6.07, 6.45) is -4.08. The highest BCUT2D eigenvalue weighted by atomic mass is 19.4. The number of nitrogens with one attached hydrogen (secondary N) is 1. The van der Waals surface area contributed by atoms with Crippen LogP contribution in [0.4, 0.5) is 18.9 Å². The molecule has 5 rings (SSSR count). The van der Waals surface area contributed by atoms with Crippen LogP contribution in [0.5, 0.6) is 0 Å². The van der Waals surface area contributed by atoms with Crippen molar-refractivity contribution in [3.63, 3.8) is 0 Å². The highest BCUT2D eigenvalue weighted by Gasteiger charge is 2.53. The maximum Gasteiger partial charge on any atom is 0.435 e. The van der Waals surface area contributed by atoms with Crippen molar-refractivity contribution in [3.8, 4) is 11.8 Å². The number of carbonyl (C=O) groups excluding carboxylic acids is 1. The lowest BCUT2D eigenvalue weighted by Crippen LogP contribution is -2.21. The average Bonchev–Trinajstić information content (AvgIpc) is 3.40. The second kappa shape index (κ2) is 9.45. The molecule has 2 unspecified atom stereocenters. The van der Waals surface area contributed by atoms with E-state index < -0.39 is 23.3 Å². The minimum Gasteiger partial charge on any atom is -0.326 e. The van der Waals surface area contributed by atoms with Gasteiger partial charge in [-0.1, -0.05) is 36.4 Å². The van der Waals surface area contributed by atoms with Crippen LogP contribution in [0.3, 0.4) is 0 Å². The van der Waals surface area contributed by atoms with Crippen molar-refractivity contribution >= 4 is 11.6 Å². The van der Waals surface area contributed by atoms with Gasteiger partial charge in [-0.05, 0) is 59.5 Å². The number of nitrogens with zero attached hydrogens (tertiary/aromatic N) is 3. The zero-order valence-corrected chi connectivity index (χ0v) is 20.0. The Kier molecular flexibility index (Phi) is 6.26. The molecule has 4 aromatic rings. The lowest BCUT2D eigenvalue weighted by atomic mass is 9.98. The first-order chi connectivity index (χ1) is 18.1. The number of rotatable bonds is 6. The van der Waals surface area contributed by atoms with Crippen LogP contribution in [0, 0.1) is 11.3 Å². The van der Waals surface area contributed by atoms with Gasteiger partial charge in [-0.15, -0.1) is 0 Å². The highest BCUT2D eigenvalue weighted by Crippen LogP contribution is 2.56. The lowest BCUT2D eigenvalue weighted by Gasteiger charge is -2.14. The number of carbonyl (C=O) groups is 1. The van der Waals surface area contributed by atoms with Gasteiger partial charge in [0.15, 0.2) is 5.69 Å². The molecular weight excluding hydrogens is 493 g/mol. The van der Waals surface area contributed by atoms with Crippen LogP contribution in [0.25, 0.3) is 5.69 Å². The van der Waals surface area contributed by atoms with Crippen LogP contribution in [-0.4, -0.2) is 15.7 Å². The number of nitriles is 1. The molecule has 0 saturated heterocycles. The Morgan fingerprint density at radius 3 is 2.61 bits per heavy atom. The summed E-state index contributed by atoms with van der Waals surface area (Å²) in [5.74, 6) is -0.797. The Morgan fingerprint density at radius 1 is 1.11 bits per heavy atom. The predicted octanol–water partition coefficient (Wildman–Crippen LogP) is 4.82. The summed E-state index contributed by atoms with van der Waals surface area (Å²) in [6, 6.07) is 23.5. The minimum absolute atomic E-state index is 0.0466. The van der Waals surface area contributed by atoms with Crippen LogP contribution in [0.2, 0.25) is 0 Å². The van der Waals surface area contributed by atoms with Crippen LogP contribution in [-0.2, 0) is 18.3 Å². The molecule has 1 saturated carbocycles. The molecule has 38 heavy (non-hydrogen) atoms. The molecule has 1 aromatic heterocycles. The zero-order valence-electron chi connectivity index (χ0n) is 20.0. The molecule has 0 radical (unpaired) electrons. The van der Waals surface area contributed by atoms with E-state index in [2.05, 4.69) is 16.5 Å². The molecule has 10 heteroatoms. The molecule has 0 aliphatic heterocycles. The first-order valence-electron chi connectivity index (χ1n) is 11.8. The van der Waals surface area contributed by atoms with E-state index in [1.54, 1.807) is 60.7 Å². The van der Waals surface area contributed by atoms with Gasteiger partial charge < -0.3 is 16.8 Å². The summed E-state index contributed by atoms with van der Waals surface area (Å²) in [5, 5.41) is 15.6. The molecule has 1 fully saturated rings. The highest BCUT2D eigenvalue weighted by molar-refractivity contribution is 6.03. The maximum atomic E-state index is 13.5. The number of anilines is 1. The number of nitrogens with two attached hydrogens (primary N) is 2. The maximum absolute atomic E-state index is 13.5. The molecule has 2 atom stereocenters. The van der Waals surface area contributed by atoms with E-state index in [1.807, 2.05) is 12.1 Å². The average molecular weight is 517 g/mol. The van der Waals surface area contributed by atoms with Gasteiger partial charge in [0.05, 0.1) is 17.3 Å². The first kappa shape index (κ1) is 25.2. The van der Waals surface area contributed by atoms with Crippen molar-refractivity contribution in [3.05, 3.63) is 113 Å². The van der Waals surface area contributed by atoms with Gasteiger partial charge in [-0.3, -0.25) is 4.79 Å². The van der Waals surface area contributed by atoms with E-state index in [9.17, 15) is 23.2 Å². The fourth-order valence-corrected chi connectivity index (χ4v) is 4.61. The standard InChI is InChI=1S/C28H23F3N6O/c29-28(30,31)25-13-24(37(36-25)22-9-2-5-18(11-22)16-33)26(38)35-21-8-3-6-19(12-21)23-14-27(23,34)20-7-1-4-17(10-20)15-32/h1-13,23H,14,16,33-34H2,(H,35,38). The Bertz CT molecular complexity index is 1570. The summed E-state index contributed by atoms with van der Waals surface area (Å²) >= 11 is 0. The monoisotopic (exact) mass is 516 g/mol. The van der Waals surface area contributed by atoms with Gasteiger partial charge in [0, 0.05) is 29.8 Å². The fraction of sp³-hybridized carbons (Fsp3) is 0.179. The molecule has 1 amide bonds. The number of amides is 1. The topological polar surface area (TPSA) is 123 Å². The summed E-state index contributed by atoms with van der Waals surface area (Å²) < 4.78 is 41.4. The SMILES string of the molecule is N#Cc1cccc(C2(N)CC2c2cccc(NC(=O)c3cc(C(F)(F)F)nn3-c3cccc(CN)c3)c2)c1. The van der Waals surface area contributed by atoms with E-state index in [-0.39, 0.29) is 23.8 Å². The number of hydrogen-bond acceptors (Lipinski definition) is 5. The van der Waals surface area contributed by atoms with Gasteiger partial charge >= 0.3 is 6.18 Å². The number of aromatic nitrogens is 2. The normalized spacial score (nSPS) is 18.6. The number of hydrogen-bond donors (Lipinski definition) is 3. The van der Waals surface area contributed by atoms with Gasteiger partial charge in [0.25, 0.3) is 5.91 Å². The van der Waals surface area contributed by atoms with Crippen molar-refractivity contribution in [1.29, 1.82) is 5.26 Å². The van der Waals surface area contributed by atoms with Crippen LogP contribution in [0.1, 0.15) is 50.8 Å². The van der Waals surface area contributed by atoms with E-state index in [1.165, 1.54) is 0 Å². The minimum atomic E-state index is -4.73. The molecule has 0 bridgehead atoms. The predicted molar refractivity (Wildman–Crippen MR) is 135 cm³/mol. The smallest absolute Gasteiger partial charge is 0.326 e. The Hall–Kier alpha value is -4.46. The van der Waals surface area contributed by atoms with E-state index in [0.717, 1.165) is 21.9 Å². The van der Waals surface area contributed by atoms with Crippen molar-refractivity contribution < 1.29 is 18.0 Å². The van der Waals surface area contributed by atoms with Gasteiger partial charge in [0.2, 0.25) is 0 Å². The third-order valence-corrected chi connectivity index (χ3v) is 6.70. The second-order valence-corrected chi connectivity index (χ2v) is 9.27. The number of halogens is 3. The second-order valence-electron chi connectivity index (χ2n) is 9.27. The molecule has 5 N–H and O–H groups in total. The first-order valence-corrected chi connectivity index (χ1v) is 11.8. The summed E-state index contributed by atoms with van der Waals surface area (Å²) in [7, 11) is 0. The number of benzene rings is 3. The summed E-state index contributed by atoms with van der Waals surface area (Å²) in [4.78, 5) is 13.2. The molecule has 3 aromatic carbocycles. The summed E-state index contributed by atoms with van der Waals surface area (Å²) in [6.45, 7) is 0.181. The van der Waals surface area contributed by atoms with Gasteiger partial charge in [-0.25, -0.2) is 4.68 Å². The third kappa shape index (κ3) is 4.77. The van der Waals surface area contributed by atoms with Crippen LogP contribution in [0.15, 0.2) is 78.9 Å². The molecular formula is C28H23F3N6O. The zero-order chi connectivity index (χ0) is 27.1. The molecule has 1 aliphatic rings. The van der Waals surface area contributed by atoms with Crippen LogP contribution < -0.4 is 16.8 Å². The Labute approximate surface area is 216 Å². The molecule has 0 spiro atoms. The Morgan fingerprint density at radius 2 is 1.87 bits per heavy atom. The van der Waals surface area contributed by atoms with E-state index in [0.29, 0.717) is 23.2 Å². The molecule has 1 aliphatic carbocycles. The van der Waals surface area contributed by atoms with E-state index >= 15 is 0 Å². The molecule has 192 valence electrons. The fourth-order valence-electron chi connectivity index (χ4n) is 4.61. The van der Waals surface area contributed by atoms with Gasteiger partial charge in [-0.2, -0.15) is 23.5 Å². The number of alkyl halides is 3. The summed E-state index contributed by atoms with van der Waals surface area (Å²) in [5.41, 5.74) is 13.8.